The van der Waals surface area contributed by atoms with E-state index in [4.69, 9.17) is 21.1 Å². The molecular weight excluding hydrogens is 537 g/mol. The molecule has 8 atom stereocenters. The Bertz CT molecular complexity index is 945. The molecular formula is C29H45ClFN5O4. The number of hydrogen-bond donors (Lipinski definition) is 2. The molecule has 0 spiro atoms. The van der Waals surface area contributed by atoms with E-state index in [9.17, 15) is 9.59 Å². The van der Waals surface area contributed by atoms with Crippen LogP contribution in [-0.4, -0.2) is 134 Å². The number of amides is 1. The van der Waals surface area contributed by atoms with Gasteiger partial charge in [0.05, 0.1) is 49.1 Å². The van der Waals surface area contributed by atoms with E-state index in [0.717, 1.165) is 71.7 Å². The van der Waals surface area contributed by atoms with Gasteiger partial charge in [-0.2, -0.15) is 0 Å². The highest BCUT2D eigenvalue weighted by Gasteiger charge is 2.58. The molecule has 4 heterocycles. The molecule has 0 bridgehead atoms. The summed E-state index contributed by atoms with van der Waals surface area (Å²) in [5, 5.41) is 6.46. The molecule has 2 saturated carbocycles. The average molecular weight is 582 g/mol. The molecule has 6 aliphatic rings. The normalized spacial score (nSPS) is 38.5. The lowest BCUT2D eigenvalue weighted by Gasteiger charge is -2.59. The van der Waals surface area contributed by atoms with E-state index in [0.29, 0.717) is 19.5 Å². The van der Waals surface area contributed by atoms with Crippen LogP contribution < -0.4 is 10.6 Å². The number of fused-ring (bicyclic) bond motifs is 2. The van der Waals surface area contributed by atoms with Gasteiger partial charge >= 0.3 is 0 Å². The number of ketones is 1. The fourth-order valence-corrected chi connectivity index (χ4v) is 8.09. The maximum absolute atomic E-state index is 15.9. The maximum atomic E-state index is 15.9. The average Bonchev–Trinajstić information content (AvgIpc) is 3.47. The summed E-state index contributed by atoms with van der Waals surface area (Å²) in [4.78, 5) is 33.9. The maximum Gasteiger partial charge on any atom is 0.256 e. The number of carbonyl (C=O) groups is 2. The van der Waals surface area contributed by atoms with E-state index >= 15 is 4.39 Å². The molecule has 0 aromatic carbocycles. The van der Waals surface area contributed by atoms with Crippen molar-refractivity contribution in [2.75, 3.05) is 65.6 Å². The molecule has 4 aliphatic heterocycles. The SMILES string of the molecule is O=C(NCCN1CCCC1)C1=CN2C3CCC(Cl)CC3OC3C(NCCCN4CCOCC4)C(F)CC(C1=O)C32. The standard InChI is InChI=1S/C29H45ClFN5O4/c30-19-4-5-23-24(16-19)40-28-25(32-6-3-10-35-12-14-39-15-13-35)22(31)17-20-26(28)36(23)18-21(27(20)37)29(38)33-7-11-34-8-1-2-9-34/h18-20,22-26,28,32H,1-17H2,(H,33,38). The highest BCUT2D eigenvalue weighted by molar-refractivity contribution is 6.21. The summed E-state index contributed by atoms with van der Waals surface area (Å²) in [7, 11) is 0. The molecule has 6 rings (SSSR count). The summed E-state index contributed by atoms with van der Waals surface area (Å²) in [5.74, 6) is -1.18. The summed E-state index contributed by atoms with van der Waals surface area (Å²) >= 11 is 6.56. The molecule has 224 valence electrons. The van der Waals surface area contributed by atoms with Crippen LogP contribution in [0, 0.1) is 5.92 Å². The quantitative estimate of drug-likeness (QED) is 0.239. The molecule has 2 aliphatic carbocycles. The Kier molecular flexibility index (Phi) is 9.30. The van der Waals surface area contributed by atoms with Crippen LogP contribution in [0.4, 0.5) is 4.39 Å². The third-order valence-corrected chi connectivity index (χ3v) is 10.3. The van der Waals surface area contributed by atoms with E-state index in [1.807, 2.05) is 0 Å². The van der Waals surface area contributed by atoms with Crippen LogP contribution >= 0.6 is 11.6 Å². The molecule has 11 heteroatoms. The van der Waals surface area contributed by atoms with Crippen molar-refractivity contribution in [2.45, 2.75) is 86.8 Å². The second kappa shape index (κ2) is 12.9. The summed E-state index contributed by atoms with van der Waals surface area (Å²) in [6, 6.07) is -0.731. The smallest absolute Gasteiger partial charge is 0.256 e. The van der Waals surface area contributed by atoms with Gasteiger partial charge in [-0.25, -0.2) is 4.39 Å². The van der Waals surface area contributed by atoms with E-state index in [2.05, 4.69) is 25.3 Å². The predicted octanol–water partition coefficient (Wildman–Crippen LogP) is 1.30. The summed E-state index contributed by atoms with van der Waals surface area (Å²) < 4.78 is 28.0. The Hall–Kier alpha value is -1.30. The highest BCUT2D eigenvalue weighted by Crippen LogP contribution is 2.46. The van der Waals surface area contributed by atoms with Crippen molar-refractivity contribution in [3.05, 3.63) is 11.8 Å². The van der Waals surface area contributed by atoms with Gasteiger partial charge in [-0.1, -0.05) is 0 Å². The Labute approximate surface area is 242 Å². The Morgan fingerprint density at radius 2 is 1.82 bits per heavy atom. The number of likely N-dealkylation sites (tertiary alicyclic amines) is 1. The van der Waals surface area contributed by atoms with Crippen LogP contribution in [0.3, 0.4) is 0 Å². The third kappa shape index (κ3) is 6.08. The van der Waals surface area contributed by atoms with Crippen LogP contribution in [0.15, 0.2) is 11.8 Å². The summed E-state index contributed by atoms with van der Waals surface area (Å²) in [6.07, 6.45) is 5.71. The number of alkyl halides is 2. The first-order valence-corrected chi connectivity index (χ1v) is 15.9. The number of nitrogens with one attached hydrogen (secondary N) is 2. The van der Waals surface area contributed by atoms with Crippen molar-refractivity contribution in [3.63, 3.8) is 0 Å². The van der Waals surface area contributed by atoms with Gasteiger partial charge in [0.15, 0.2) is 5.78 Å². The summed E-state index contributed by atoms with van der Waals surface area (Å²) in [5.41, 5.74) is 0.166. The van der Waals surface area contributed by atoms with Gasteiger partial charge < -0.3 is 29.9 Å². The van der Waals surface area contributed by atoms with Gasteiger partial charge in [0.25, 0.3) is 5.91 Å². The molecule has 0 aromatic heterocycles. The van der Waals surface area contributed by atoms with Gasteiger partial charge in [0, 0.05) is 43.7 Å². The summed E-state index contributed by atoms with van der Waals surface area (Å²) in [6.45, 7) is 8.43. The van der Waals surface area contributed by atoms with Gasteiger partial charge in [-0.05, 0) is 71.1 Å². The van der Waals surface area contributed by atoms with Crippen LogP contribution in [0.5, 0.6) is 0 Å². The minimum Gasteiger partial charge on any atom is -0.379 e. The number of morpholine rings is 2. The first kappa shape index (κ1) is 28.8. The van der Waals surface area contributed by atoms with Crippen molar-refractivity contribution >= 4 is 23.3 Å². The molecule has 2 N–H and O–H groups in total. The lowest BCUT2D eigenvalue weighted by atomic mass is 9.69. The number of ether oxygens (including phenoxy) is 2. The lowest BCUT2D eigenvalue weighted by molar-refractivity contribution is -0.197. The third-order valence-electron chi connectivity index (χ3n) is 9.90. The minimum atomic E-state index is -1.23. The molecule has 40 heavy (non-hydrogen) atoms. The molecule has 3 saturated heterocycles. The largest absolute Gasteiger partial charge is 0.379 e. The molecule has 0 radical (unpaired) electrons. The first-order valence-electron chi connectivity index (χ1n) is 15.5. The van der Waals surface area contributed by atoms with Gasteiger partial charge in [0.1, 0.15) is 6.17 Å². The predicted molar refractivity (Wildman–Crippen MR) is 150 cm³/mol. The van der Waals surface area contributed by atoms with Crippen molar-refractivity contribution in [3.8, 4) is 0 Å². The van der Waals surface area contributed by atoms with E-state index in [-0.39, 0.29) is 47.2 Å². The zero-order valence-electron chi connectivity index (χ0n) is 23.4. The fourth-order valence-electron chi connectivity index (χ4n) is 7.79. The van der Waals surface area contributed by atoms with Gasteiger partial charge in [-0.3, -0.25) is 14.5 Å². The van der Waals surface area contributed by atoms with Crippen LogP contribution in [0.1, 0.15) is 44.9 Å². The lowest BCUT2D eigenvalue weighted by Crippen LogP contribution is -2.73. The Morgan fingerprint density at radius 3 is 2.62 bits per heavy atom. The molecule has 5 fully saturated rings. The van der Waals surface area contributed by atoms with Crippen molar-refractivity contribution in [1.29, 1.82) is 0 Å². The van der Waals surface area contributed by atoms with Crippen LogP contribution in [0.25, 0.3) is 0 Å². The van der Waals surface area contributed by atoms with Crippen molar-refractivity contribution < 1.29 is 23.5 Å². The Morgan fingerprint density at radius 1 is 1.05 bits per heavy atom. The van der Waals surface area contributed by atoms with Crippen molar-refractivity contribution in [2.24, 2.45) is 5.92 Å². The second-order valence-electron chi connectivity index (χ2n) is 12.4. The number of Topliss-reactive ketones (excluding diaryl/α,β-unsaturated/α-hetero) is 1. The van der Waals surface area contributed by atoms with E-state index in [1.165, 1.54) is 12.8 Å². The van der Waals surface area contributed by atoms with Gasteiger partial charge in [0.2, 0.25) is 0 Å². The van der Waals surface area contributed by atoms with Crippen LogP contribution in [-0.2, 0) is 19.1 Å². The monoisotopic (exact) mass is 581 g/mol. The van der Waals surface area contributed by atoms with E-state index in [1.54, 1.807) is 6.20 Å². The number of rotatable bonds is 9. The topological polar surface area (TPSA) is 86.4 Å². The van der Waals surface area contributed by atoms with Gasteiger partial charge in [-0.15, -0.1) is 11.6 Å². The second-order valence-corrected chi connectivity index (χ2v) is 13.0. The number of halogens is 2. The molecule has 1 amide bonds. The minimum absolute atomic E-state index is 0.0158. The number of nitrogens with zero attached hydrogens (tertiary/aromatic N) is 3. The zero-order valence-corrected chi connectivity index (χ0v) is 24.2. The van der Waals surface area contributed by atoms with E-state index < -0.39 is 24.2 Å². The van der Waals surface area contributed by atoms with Crippen LogP contribution in [0.2, 0.25) is 0 Å². The highest BCUT2D eigenvalue weighted by atomic mass is 35.5. The molecule has 0 aromatic rings. The first-order chi connectivity index (χ1) is 19.5. The number of carbonyl (C=O) groups excluding carboxylic acids is 2. The Balaban J connectivity index is 1.16. The zero-order chi connectivity index (χ0) is 27.6. The van der Waals surface area contributed by atoms with Crippen molar-refractivity contribution in [1.82, 2.24) is 25.3 Å². The fraction of sp³-hybridized carbons (Fsp3) is 0.862. The molecule has 8 unspecified atom stereocenters. The number of hydrogen-bond acceptors (Lipinski definition) is 8. The molecule has 9 nitrogen and oxygen atoms in total.